The average molecular weight is 414 g/mol. The minimum Gasteiger partial charge on any atom is -0.373 e. The number of amides is 1. The summed E-state index contributed by atoms with van der Waals surface area (Å²) in [5.74, 6) is -0.163. The highest BCUT2D eigenvalue weighted by Gasteiger charge is 2.22. The molecule has 2 unspecified atom stereocenters. The number of aromatic nitrogens is 1. The zero-order chi connectivity index (χ0) is 18.7. The number of hydrogen-bond donors (Lipinski definition) is 1. The molecule has 1 amide bonds. The van der Waals surface area contributed by atoms with Gasteiger partial charge in [-0.15, -0.1) is 11.3 Å². The summed E-state index contributed by atoms with van der Waals surface area (Å²) in [6, 6.07) is 5.10. The van der Waals surface area contributed by atoms with Crippen LogP contribution in [-0.4, -0.2) is 41.1 Å². The Balaban J connectivity index is 1.56. The number of carbonyl (C=O) groups excluding carboxylic acids is 1. The van der Waals surface area contributed by atoms with Gasteiger partial charge in [-0.25, -0.2) is 4.98 Å². The number of rotatable bonds is 5. The Kier molecular flexibility index (Phi) is 6.53. The van der Waals surface area contributed by atoms with Gasteiger partial charge in [-0.2, -0.15) is 0 Å². The number of thiazole rings is 1. The van der Waals surface area contributed by atoms with Crippen molar-refractivity contribution in [2.75, 3.05) is 18.4 Å². The molecule has 0 saturated carbocycles. The molecule has 0 bridgehead atoms. The van der Waals surface area contributed by atoms with Crippen molar-refractivity contribution >= 4 is 45.6 Å². The van der Waals surface area contributed by atoms with Crippen molar-refractivity contribution in [2.45, 2.75) is 39.0 Å². The maximum atomic E-state index is 12.3. The van der Waals surface area contributed by atoms with Gasteiger partial charge in [0.05, 0.1) is 24.3 Å². The molecule has 1 saturated heterocycles. The van der Waals surface area contributed by atoms with Crippen LogP contribution in [0.25, 0.3) is 0 Å². The maximum Gasteiger partial charge on any atom is 0.230 e. The lowest BCUT2D eigenvalue weighted by molar-refractivity contribution is -0.115. The van der Waals surface area contributed by atoms with Crippen molar-refractivity contribution in [3.8, 4) is 0 Å². The SMILES string of the molecule is CC1CN(Cc2csc(NC(=O)Cc3cc(Cl)ccc3Cl)n2)CC(C)O1. The highest BCUT2D eigenvalue weighted by Crippen LogP contribution is 2.23. The molecule has 26 heavy (non-hydrogen) atoms. The molecule has 2 atom stereocenters. The molecule has 8 heteroatoms. The zero-order valence-electron chi connectivity index (χ0n) is 14.7. The molecular formula is C18H21Cl2N3O2S. The predicted molar refractivity (Wildman–Crippen MR) is 106 cm³/mol. The number of nitrogens with zero attached hydrogens (tertiary/aromatic N) is 2. The lowest BCUT2D eigenvalue weighted by atomic mass is 10.1. The molecule has 3 rings (SSSR count). The zero-order valence-corrected chi connectivity index (χ0v) is 17.0. The third-order valence-electron chi connectivity index (χ3n) is 4.04. The van der Waals surface area contributed by atoms with E-state index in [-0.39, 0.29) is 24.5 Å². The van der Waals surface area contributed by atoms with E-state index in [9.17, 15) is 4.79 Å². The van der Waals surface area contributed by atoms with Gasteiger partial charge in [-0.3, -0.25) is 9.69 Å². The molecule has 0 aliphatic carbocycles. The number of nitrogens with one attached hydrogen (secondary N) is 1. The van der Waals surface area contributed by atoms with Crippen LogP contribution in [0.1, 0.15) is 25.1 Å². The fraction of sp³-hybridized carbons (Fsp3) is 0.444. The van der Waals surface area contributed by atoms with Crippen LogP contribution in [0.4, 0.5) is 5.13 Å². The van der Waals surface area contributed by atoms with Gasteiger partial charge in [0, 0.05) is 35.1 Å². The van der Waals surface area contributed by atoms with Crippen LogP contribution >= 0.6 is 34.5 Å². The molecule has 1 aliphatic heterocycles. The fourth-order valence-electron chi connectivity index (χ4n) is 3.09. The van der Waals surface area contributed by atoms with Crippen molar-refractivity contribution in [1.29, 1.82) is 0 Å². The van der Waals surface area contributed by atoms with Crippen LogP contribution in [0, 0.1) is 0 Å². The molecule has 1 aromatic carbocycles. The molecule has 0 spiro atoms. The lowest BCUT2D eigenvalue weighted by Gasteiger charge is -2.34. The number of carbonyl (C=O) groups is 1. The van der Waals surface area contributed by atoms with Crippen molar-refractivity contribution in [1.82, 2.24) is 9.88 Å². The van der Waals surface area contributed by atoms with Crippen LogP contribution < -0.4 is 5.32 Å². The second kappa shape index (κ2) is 8.67. The quantitative estimate of drug-likeness (QED) is 0.795. The largest absolute Gasteiger partial charge is 0.373 e. The summed E-state index contributed by atoms with van der Waals surface area (Å²) in [5, 5.41) is 6.50. The van der Waals surface area contributed by atoms with E-state index in [2.05, 4.69) is 29.0 Å². The van der Waals surface area contributed by atoms with E-state index in [1.807, 2.05) is 5.38 Å². The van der Waals surface area contributed by atoms with E-state index in [1.165, 1.54) is 11.3 Å². The Hall–Kier alpha value is -1.18. The standard InChI is InChI=1S/C18H21Cl2N3O2S/c1-11-7-23(8-12(2)25-11)9-15-10-26-18(21-15)22-17(24)6-13-5-14(19)3-4-16(13)20/h3-5,10-12H,6-9H2,1-2H3,(H,21,22,24). The van der Waals surface area contributed by atoms with E-state index in [1.54, 1.807) is 18.2 Å². The Morgan fingerprint density at radius 2 is 2.08 bits per heavy atom. The van der Waals surface area contributed by atoms with Crippen LogP contribution in [0.15, 0.2) is 23.6 Å². The van der Waals surface area contributed by atoms with Crippen LogP contribution in [0.3, 0.4) is 0 Å². The molecule has 1 N–H and O–H groups in total. The Labute approximate surface area is 167 Å². The smallest absolute Gasteiger partial charge is 0.230 e. The third kappa shape index (κ3) is 5.41. The minimum atomic E-state index is -0.163. The summed E-state index contributed by atoms with van der Waals surface area (Å²) in [4.78, 5) is 19.1. The molecule has 2 heterocycles. The van der Waals surface area contributed by atoms with E-state index in [0.717, 1.165) is 25.3 Å². The Morgan fingerprint density at radius 3 is 2.81 bits per heavy atom. The lowest BCUT2D eigenvalue weighted by Crippen LogP contribution is -2.44. The van der Waals surface area contributed by atoms with E-state index in [0.29, 0.717) is 20.7 Å². The molecule has 0 radical (unpaired) electrons. The topological polar surface area (TPSA) is 54.5 Å². The summed E-state index contributed by atoms with van der Waals surface area (Å²) < 4.78 is 5.75. The molecule has 2 aromatic rings. The first-order valence-corrected chi connectivity index (χ1v) is 10.1. The second-order valence-electron chi connectivity index (χ2n) is 6.56. The number of benzene rings is 1. The monoisotopic (exact) mass is 413 g/mol. The number of morpholine rings is 1. The van der Waals surface area contributed by atoms with Crippen LogP contribution in [0.2, 0.25) is 10.0 Å². The first kappa shape index (κ1) is 19.6. The summed E-state index contributed by atoms with van der Waals surface area (Å²) in [5.41, 5.74) is 1.65. The third-order valence-corrected chi connectivity index (χ3v) is 5.45. The van der Waals surface area contributed by atoms with Crippen molar-refractivity contribution in [3.05, 3.63) is 44.9 Å². The van der Waals surface area contributed by atoms with Crippen LogP contribution in [-0.2, 0) is 22.5 Å². The summed E-state index contributed by atoms with van der Waals surface area (Å²) in [7, 11) is 0. The Bertz CT molecular complexity index is 774. The summed E-state index contributed by atoms with van der Waals surface area (Å²) in [6.07, 6.45) is 0.602. The van der Waals surface area contributed by atoms with E-state index in [4.69, 9.17) is 27.9 Å². The van der Waals surface area contributed by atoms with Gasteiger partial charge < -0.3 is 10.1 Å². The van der Waals surface area contributed by atoms with Gasteiger partial charge in [-0.05, 0) is 37.6 Å². The van der Waals surface area contributed by atoms with E-state index < -0.39 is 0 Å². The van der Waals surface area contributed by atoms with Crippen molar-refractivity contribution in [2.24, 2.45) is 0 Å². The predicted octanol–water partition coefficient (Wildman–Crippen LogP) is 4.24. The van der Waals surface area contributed by atoms with Crippen molar-refractivity contribution in [3.63, 3.8) is 0 Å². The van der Waals surface area contributed by atoms with E-state index >= 15 is 0 Å². The highest BCUT2D eigenvalue weighted by molar-refractivity contribution is 7.13. The number of hydrogen-bond acceptors (Lipinski definition) is 5. The van der Waals surface area contributed by atoms with Gasteiger partial charge in [0.25, 0.3) is 0 Å². The maximum absolute atomic E-state index is 12.3. The van der Waals surface area contributed by atoms with Crippen LogP contribution in [0.5, 0.6) is 0 Å². The van der Waals surface area contributed by atoms with Gasteiger partial charge in [0.1, 0.15) is 0 Å². The van der Waals surface area contributed by atoms with Gasteiger partial charge in [-0.1, -0.05) is 23.2 Å². The molecule has 1 aliphatic rings. The molecule has 5 nitrogen and oxygen atoms in total. The minimum absolute atomic E-state index is 0.160. The first-order chi connectivity index (χ1) is 12.4. The normalized spacial score (nSPS) is 20.9. The number of ether oxygens (including phenoxy) is 1. The summed E-state index contributed by atoms with van der Waals surface area (Å²) in [6.45, 7) is 6.69. The van der Waals surface area contributed by atoms with Gasteiger partial charge >= 0.3 is 0 Å². The average Bonchev–Trinajstić information content (AvgIpc) is 2.96. The second-order valence-corrected chi connectivity index (χ2v) is 8.26. The number of anilines is 1. The van der Waals surface area contributed by atoms with Crippen molar-refractivity contribution < 1.29 is 9.53 Å². The first-order valence-electron chi connectivity index (χ1n) is 8.45. The Morgan fingerprint density at radius 1 is 1.35 bits per heavy atom. The molecule has 1 aromatic heterocycles. The van der Waals surface area contributed by atoms with Gasteiger partial charge in [0.2, 0.25) is 5.91 Å². The molecule has 1 fully saturated rings. The number of halogens is 2. The van der Waals surface area contributed by atoms with Gasteiger partial charge in [0.15, 0.2) is 5.13 Å². The summed E-state index contributed by atoms with van der Waals surface area (Å²) >= 11 is 13.5. The molecule has 140 valence electrons. The highest BCUT2D eigenvalue weighted by atomic mass is 35.5. The fourth-order valence-corrected chi connectivity index (χ4v) is 4.19. The molecular weight excluding hydrogens is 393 g/mol.